The largest absolute Gasteiger partial charge is 0.355 e. The fourth-order valence-electron chi connectivity index (χ4n) is 4.11. The van der Waals surface area contributed by atoms with Crippen LogP contribution in [-0.2, 0) is 5.41 Å². The Bertz CT molecular complexity index is 532. The van der Waals surface area contributed by atoms with Gasteiger partial charge in [-0.2, -0.15) is 5.10 Å². The molecule has 1 aliphatic heterocycles. The fraction of sp³-hybridized carbons (Fsp3) is 0.800. The predicted molar refractivity (Wildman–Crippen MR) is 96.8 cm³/mol. The van der Waals surface area contributed by atoms with Crippen molar-refractivity contribution in [3.63, 3.8) is 0 Å². The minimum absolute atomic E-state index is 0.0748. The maximum absolute atomic E-state index is 4.49. The van der Waals surface area contributed by atoms with Gasteiger partial charge < -0.3 is 4.90 Å². The minimum atomic E-state index is 0.0748. The molecule has 128 valence electrons. The van der Waals surface area contributed by atoms with Crippen LogP contribution in [0.3, 0.4) is 0 Å². The lowest BCUT2D eigenvalue weighted by molar-refractivity contribution is -0.0307. The summed E-state index contributed by atoms with van der Waals surface area (Å²) >= 11 is 0. The van der Waals surface area contributed by atoms with Crippen LogP contribution in [0.25, 0.3) is 0 Å². The normalized spacial score (nSPS) is 22.3. The Morgan fingerprint density at radius 1 is 0.957 bits per heavy atom. The Hall–Kier alpha value is -1.12. The number of anilines is 1. The standard InChI is InChI=1S/C20H33N3/c1-18(2,3)15-13-20(14-15)9-11-23(12-10-20)17-8-7-16(21-22-17)19(4,5)6/h7-8,15H,9-14H2,1-6H3. The SMILES string of the molecule is CC(C)(C)c1ccc(N2CCC3(CC2)CC(C(C)(C)C)C3)nn1. The molecule has 3 rings (SSSR count). The van der Waals surface area contributed by atoms with Crippen LogP contribution >= 0.6 is 0 Å². The zero-order valence-electron chi connectivity index (χ0n) is 15.8. The van der Waals surface area contributed by atoms with Crippen LogP contribution in [0, 0.1) is 16.7 Å². The van der Waals surface area contributed by atoms with Crippen LogP contribution in [0.1, 0.15) is 72.9 Å². The van der Waals surface area contributed by atoms with Gasteiger partial charge in [-0.25, -0.2) is 0 Å². The third-order valence-corrected chi connectivity index (χ3v) is 6.15. The van der Waals surface area contributed by atoms with E-state index in [1.165, 1.54) is 25.7 Å². The first-order chi connectivity index (χ1) is 10.6. The molecule has 1 saturated heterocycles. The second kappa shape index (κ2) is 5.46. The van der Waals surface area contributed by atoms with Gasteiger partial charge in [0.05, 0.1) is 5.69 Å². The van der Waals surface area contributed by atoms with Gasteiger partial charge in [0, 0.05) is 18.5 Å². The molecule has 3 nitrogen and oxygen atoms in total. The molecule has 1 aliphatic carbocycles. The Labute approximate surface area is 141 Å². The van der Waals surface area contributed by atoms with Crippen LogP contribution in [0.15, 0.2) is 12.1 Å². The van der Waals surface area contributed by atoms with Crippen LogP contribution in [-0.4, -0.2) is 23.3 Å². The molecule has 0 unspecified atom stereocenters. The molecule has 0 N–H and O–H groups in total. The van der Waals surface area contributed by atoms with E-state index in [0.29, 0.717) is 10.8 Å². The van der Waals surface area contributed by atoms with Crippen molar-refractivity contribution in [1.82, 2.24) is 10.2 Å². The summed E-state index contributed by atoms with van der Waals surface area (Å²) in [5.74, 6) is 1.97. The second-order valence-corrected chi connectivity index (χ2v) is 9.99. The Morgan fingerprint density at radius 3 is 2.00 bits per heavy atom. The van der Waals surface area contributed by atoms with E-state index in [1.807, 2.05) is 0 Å². The highest BCUT2D eigenvalue weighted by molar-refractivity contribution is 5.39. The Morgan fingerprint density at radius 2 is 1.57 bits per heavy atom. The van der Waals surface area contributed by atoms with Gasteiger partial charge in [-0.3, -0.25) is 0 Å². The van der Waals surface area contributed by atoms with Crippen molar-refractivity contribution < 1.29 is 0 Å². The van der Waals surface area contributed by atoms with Gasteiger partial charge in [0.25, 0.3) is 0 Å². The number of hydrogen-bond acceptors (Lipinski definition) is 3. The molecule has 2 fully saturated rings. The molecular weight excluding hydrogens is 282 g/mol. The number of aromatic nitrogens is 2. The number of rotatable bonds is 1. The summed E-state index contributed by atoms with van der Waals surface area (Å²) in [5, 5.41) is 8.94. The van der Waals surface area contributed by atoms with E-state index in [4.69, 9.17) is 0 Å². The lowest BCUT2D eigenvalue weighted by Crippen LogP contribution is -2.50. The summed E-state index contributed by atoms with van der Waals surface area (Å²) in [5.41, 5.74) is 2.26. The summed E-state index contributed by atoms with van der Waals surface area (Å²) in [6.45, 7) is 16.0. The predicted octanol–water partition coefficient (Wildman–Crippen LogP) is 4.82. The first-order valence-corrected chi connectivity index (χ1v) is 9.18. The molecular formula is C20H33N3. The smallest absolute Gasteiger partial charge is 0.151 e. The Balaban J connectivity index is 1.58. The molecule has 0 radical (unpaired) electrons. The average Bonchev–Trinajstić information content (AvgIpc) is 2.43. The van der Waals surface area contributed by atoms with Gasteiger partial charge in [0.1, 0.15) is 0 Å². The molecule has 0 aromatic carbocycles. The topological polar surface area (TPSA) is 29.0 Å². The highest BCUT2D eigenvalue weighted by Crippen LogP contribution is 2.57. The molecule has 0 atom stereocenters. The van der Waals surface area contributed by atoms with Gasteiger partial charge >= 0.3 is 0 Å². The monoisotopic (exact) mass is 315 g/mol. The zero-order chi connectivity index (χ0) is 16.9. The lowest BCUT2D eigenvalue weighted by atomic mass is 9.52. The summed E-state index contributed by atoms with van der Waals surface area (Å²) in [6, 6.07) is 4.30. The van der Waals surface area contributed by atoms with E-state index < -0.39 is 0 Å². The molecule has 23 heavy (non-hydrogen) atoms. The molecule has 1 spiro atoms. The van der Waals surface area contributed by atoms with Crippen molar-refractivity contribution in [1.29, 1.82) is 0 Å². The van der Waals surface area contributed by atoms with Crippen molar-refractivity contribution in [2.45, 2.75) is 72.6 Å². The second-order valence-electron chi connectivity index (χ2n) is 9.99. The lowest BCUT2D eigenvalue weighted by Gasteiger charge is -2.56. The molecule has 2 heterocycles. The van der Waals surface area contributed by atoms with Crippen molar-refractivity contribution in [2.24, 2.45) is 16.7 Å². The highest BCUT2D eigenvalue weighted by Gasteiger charge is 2.49. The third kappa shape index (κ3) is 3.39. The van der Waals surface area contributed by atoms with Crippen LogP contribution in [0.5, 0.6) is 0 Å². The van der Waals surface area contributed by atoms with E-state index in [-0.39, 0.29) is 5.41 Å². The minimum Gasteiger partial charge on any atom is -0.355 e. The molecule has 1 saturated carbocycles. The van der Waals surface area contributed by atoms with Gasteiger partial charge in [-0.15, -0.1) is 5.10 Å². The van der Waals surface area contributed by atoms with Crippen LogP contribution in [0.4, 0.5) is 5.82 Å². The first kappa shape index (κ1) is 16.7. The summed E-state index contributed by atoms with van der Waals surface area (Å²) in [6.07, 6.45) is 5.50. The molecule has 1 aromatic heterocycles. The molecule has 0 amide bonds. The molecule has 0 bridgehead atoms. The van der Waals surface area contributed by atoms with E-state index in [1.54, 1.807) is 0 Å². The Kier molecular flexibility index (Phi) is 3.97. The van der Waals surface area contributed by atoms with Crippen molar-refractivity contribution in [3.8, 4) is 0 Å². The quantitative estimate of drug-likeness (QED) is 0.744. The van der Waals surface area contributed by atoms with Crippen molar-refractivity contribution in [2.75, 3.05) is 18.0 Å². The van der Waals surface area contributed by atoms with Crippen molar-refractivity contribution >= 4 is 5.82 Å². The van der Waals surface area contributed by atoms with E-state index in [2.05, 4.69) is 68.8 Å². The number of nitrogens with zero attached hydrogens (tertiary/aromatic N) is 3. The molecule has 3 heteroatoms. The highest BCUT2D eigenvalue weighted by atomic mass is 15.3. The maximum Gasteiger partial charge on any atom is 0.151 e. The van der Waals surface area contributed by atoms with Gasteiger partial charge in [0.15, 0.2) is 5.82 Å². The average molecular weight is 316 g/mol. The zero-order valence-corrected chi connectivity index (χ0v) is 15.8. The van der Waals surface area contributed by atoms with Crippen molar-refractivity contribution in [3.05, 3.63) is 17.8 Å². The van der Waals surface area contributed by atoms with E-state index in [9.17, 15) is 0 Å². The van der Waals surface area contributed by atoms with Crippen LogP contribution in [0.2, 0.25) is 0 Å². The maximum atomic E-state index is 4.49. The summed E-state index contributed by atoms with van der Waals surface area (Å²) < 4.78 is 0. The van der Waals surface area contributed by atoms with Gasteiger partial charge in [-0.05, 0) is 54.6 Å². The summed E-state index contributed by atoms with van der Waals surface area (Å²) in [7, 11) is 0. The molecule has 2 aliphatic rings. The van der Waals surface area contributed by atoms with Crippen LogP contribution < -0.4 is 4.90 Å². The van der Waals surface area contributed by atoms with E-state index >= 15 is 0 Å². The molecule has 1 aromatic rings. The number of piperidine rings is 1. The van der Waals surface area contributed by atoms with Gasteiger partial charge in [0.2, 0.25) is 0 Å². The van der Waals surface area contributed by atoms with Gasteiger partial charge in [-0.1, -0.05) is 41.5 Å². The number of hydrogen-bond donors (Lipinski definition) is 0. The summed E-state index contributed by atoms with van der Waals surface area (Å²) in [4.78, 5) is 2.43. The fourth-order valence-corrected chi connectivity index (χ4v) is 4.11. The van der Waals surface area contributed by atoms with E-state index in [0.717, 1.165) is 30.5 Å². The first-order valence-electron chi connectivity index (χ1n) is 9.18. The third-order valence-electron chi connectivity index (χ3n) is 6.15.